The third kappa shape index (κ3) is 10.2. The van der Waals surface area contributed by atoms with Gasteiger partial charge in [0.05, 0.1) is 24.4 Å². The van der Waals surface area contributed by atoms with Crippen molar-refractivity contribution in [1.82, 2.24) is 5.48 Å². The fourth-order valence-electron chi connectivity index (χ4n) is 4.87. The Labute approximate surface area is 260 Å². The Morgan fingerprint density at radius 3 is 2.20 bits per heavy atom. The van der Waals surface area contributed by atoms with E-state index >= 15 is 0 Å². The van der Waals surface area contributed by atoms with Gasteiger partial charge in [-0.15, -0.1) is 11.8 Å². The zero-order chi connectivity index (χ0) is 31.3. The number of benzene rings is 3. The monoisotopic (exact) mass is 622 g/mol. The van der Waals surface area contributed by atoms with E-state index in [4.69, 9.17) is 14.7 Å². The summed E-state index contributed by atoms with van der Waals surface area (Å²) in [7, 11) is 0. The number of rotatable bonds is 15. The Kier molecular flexibility index (Phi) is 12.8. The van der Waals surface area contributed by atoms with Crippen molar-refractivity contribution in [2.45, 2.75) is 74.9 Å². The van der Waals surface area contributed by atoms with Crippen LogP contribution in [0.2, 0.25) is 0 Å². The van der Waals surface area contributed by atoms with Crippen LogP contribution in [-0.2, 0) is 25.7 Å². The van der Waals surface area contributed by atoms with Crippen LogP contribution in [0.25, 0.3) is 0 Å². The van der Waals surface area contributed by atoms with Gasteiger partial charge in [0.2, 0.25) is 11.8 Å². The predicted octanol–water partition coefficient (Wildman–Crippen LogP) is 6.00. The molecule has 44 heavy (non-hydrogen) atoms. The quantitative estimate of drug-likeness (QED) is 0.0594. The molecule has 0 aliphatic carbocycles. The number of carbonyl (C=O) groups excluding carboxylic acids is 2. The van der Waals surface area contributed by atoms with Crippen LogP contribution in [0, 0.1) is 0 Å². The number of anilines is 1. The lowest BCUT2D eigenvalue weighted by molar-refractivity contribution is -0.245. The van der Waals surface area contributed by atoms with E-state index in [-0.39, 0.29) is 36.7 Å². The minimum absolute atomic E-state index is 0.0423. The van der Waals surface area contributed by atoms with Crippen LogP contribution in [0.15, 0.2) is 77.7 Å². The zero-order valence-electron chi connectivity index (χ0n) is 24.3. The van der Waals surface area contributed by atoms with Gasteiger partial charge in [-0.2, -0.15) is 0 Å². The molecule has 0 unspecified atom stereocenters. The Bertz CT molecular complexity index is 1380. The van der Waals surface area contributed by atoms with Crippen LogP contribution in [0.5, 0.6) is 0 Å². The summed E-state index contributed by atoms with van der Waals surface area (Å²) in [6.07, 6.45) is 3.04. The second kappa shape index (κ2) is 16.9. The summed E-state index contributed by atoms with van der Waals surface area (Å²) in [6, 6.07) is 21.8. The number of aromatic carboxylic acids is 1. The molecule has 0 bridgehead atoms. The van der Waals surface area contributed by atoms with Gasteiger partial charge in [0.15, 0.2) is 6.29 Å². The predicted molar refractivity (Wildman–Crippen MR) is 165 cm³/mol. The molecule has 2 amide bonds. The van der Waals surface area contributed by atoms with Gasteiger partial charge in [-0.05, 0) is 60.4 Å². The van der Waals surface area contributed by atoms with Gasteiger partial charge in [0.25, 0.3) is 0 Å². The first-order valence-corrected chi connectivity index (χ1v) is 15.6. The SMILES string of the molecule is O=C(CCCCCCC(=O)Nc1cccc([C@H]2O[C@@H](CSc3ccc(C(=O)O)cc3)C[C@@H](c3ccc(CO)cc3)O2)c1)NO. The number of hydrogen-bond donors (Lipinski definition) is 5. The number of nitrogens with one attached hydrogen (secondary N) is 2. The third-order valence-corrected chi connectivity index (χ3v) is 8.42. The molecule has 0 saturated carbocycles. The van der Waals surface area contributed by atoms with E-state index in [2.05, 4.69) is 5.32 Å². The molecule has 0 spiro atoms. The molecule has 1 fully saturated rings. The minimum atomic E-state index is -0.965. The molecule has 11 heteroatoms. The van der Waals surface area contributed by atoms with Gasteiger partial charge >= 0.3 is 5.97 Å². The number of amides is 2. The number of thioether (sulfide) groups is 1. The number of carboxylic acid groups (broad SMARTS) is 1. The standard InChI is InChI=1S/C33H38N2O8S/c36-20-22-10-12-23(13-11-22)29-19-27(21-44-28-16-14-24(15-17-28)32(39)40)42-33(43-29)25-6-5-7-26(18-25)34-30(37)8-3-1-2-4-9-31(38)35-41/h5-7,10-18,27,29,33,36,41H,1-4,8-9,19-21H2,(H,34,37)(H,35,38)(H,39,40)/t27-,29+,33+/m1/s1. The molecule has 234 valence electrons. The van der Waals surface area contributed by atoms with Crippen molar-refractivity contribution in [3.05, 3.63) is 95.1 Å². The first-order chi connectivity index (χ1) is 21.3. The largest absolute Gasteiger partial charge is 0.478 e. The Morgan fingerprint density at radius 2 is 1.55 bits per heavy atom. The average molecular weight is 623 g/mol. The summed E-state index contributed by atoms with van der Waals surface area (Å²) in [5.41, 5.74) is 5.04. The van der Waals surface area contributed by atoms with Crippen LogP contribution < -0.4 is 10.8 Å². The van der Waals surface area contributed by atoms with Gasteiger partial charge in [0.1, 0.15) is 0 Å². The summed E-state index contributed by atoms with van der Waals surface area (Å²) in [5.74, 6) is -0.853. The van der Waals surface area contributed by atoms with Gasteiger partial charge in [-0.1, -0.05) is 49.2 Å². The van der Waals surface area contributed by atoms with Gasteiger partial charge < -0.3 is 25.0 Å². The van der Waals surface area contributed by atoms with Crippen LogP contribution in [0.3, 0.4) is 0 Å². The molecule has 3 atom stereocenters. The molecule has 5 N–H and O–H groups in total. The van der Waals surface area contributed by atoms with E-state index < -0.39 is 18.2 Å². The van der Waals surface area contributed by atoms with Crippen LogP contribution in [0.4, 0.5) is 5.69 Å². The highest BCUT2D eigenvalue weighted by Crippen LogP contribution is 2.40. The molecule has 0 aromatic heterocycles. The number of aliphatic hydroxyl groups is 1. The van der Waals surface area contributed by atoms with E-state index in [9.17, 15) is 24.6 Å². The van der Waals surface area contributed by atoms with Crippen LogP contribution >= 0.6 is 11.8 Å². The Balaban J connectivity index is 1.39. The molecule has 0 radical (unpaired) electrons. The Hall–Kier alpha value is -3.74. The third-order valence-electron chi connectivity index (χ3n) is 7.28. The molecule has 1 saturated heterocycles. The van der Waals surface area contributed by atoms with Gasteiger partial charge in [-0.3, -0.25) is 14.8 Å². The number of carbonyl (C=O) groups is 3. The van der Waals surface area contributed by atoms with E-state index in [0.29, 0.717) is 37.1 Å². The summed E-state index contributed by atoms with van der Waals surface area (Å²) in [6.45, 7) is -0.0423. The fraction of sp³-hybridized carbons (Fsp3) is 0.364. The first kappa shape index (κ1) is 33.2. The average Bonchev–Trinajstić information content (AvgIpc) is 3.05. The maximum atomic E-state index is 12.6. The number of hydroxylamine groups is 1. The highest BCUT2D eigenvalue weighted by molar-refractivity contribution is 7.99. The second-order valence-electron chi connectivity index (χ2n) is 10.6. The number of aliphatic hydroxyl groups excluding tert-OH is 1. The molecular weight excluding hydrogens is 584 g/mol. The van der Waals surface area contributed by atoms with Crippen LogP contribution in [0.1, 0.15) is 84.4 Å². The number of hydrogen-bond acceptors (Lipinski definition) is 8. The molecule has 1 aliphatic heterocycles. The maximum absolute atomic E-state index is 12.6. The number of unbranched alkanes of at least 4 members (excludes halogenated alkanes) is 3. The molecular formula is C33H38N2O8S. The lowest BCUT2D eigenvalue weighted by Gasteiger charge is -2.36. The Morgan fingerprint density at radius 1 is 0.841 bits per heavy atom. The normalized spacial score (nSPS) is 18.0. The summed E-state index contributed by atoms with van der Waals surface area (Å²) < 4.78 is 12.8. The second-order valence-corrected chi connectivity index (χ2v) is 11.7. The minimum Gasteiger partial charge on any atom is -0.478 e. The summed E-state index contributed by atoms with van der Waals surface area (Å²) in [5, 5.41) is 30.1. The van der Waals surface area contributed by atoms with Crippen LogP contribution in [-0.4, -0.2) is 45.1 Å². The lowest BCUT2D eigenvalue weighted by atomic mass is 10.0. The highest BCUT2D eigenvalue weighted by Gasteiger charge is 2.32. The van der Waals surface area contributed by atoms with E-state index in [1.807, 2.05) is 48.5 Å². The molecule has 4 rings (SSSR count). The van der Waals surface area contributed by atoms with E-state index in [1.54, 1.807) is 41.5 Å². The fourth-order valence-corrected chi connectivity index (χ4v) is 5.79. The van der Waals surface area contributed by atoms with Crippen molar-refractivity contribution in [3.8, 4) is 0 Å². The van der Waals surface area contributed by atoms with Crippen molar-refractivity contribution < 1.29 is 39.3 Å². The lowest BCUT2D eigenvalue weighted by Crippen LogP contribution is -2.31. The van der Waals surface area contributed by atoms with Crippen molar-refractivity contribution >= 4 is 35.2 Å². The maximum Gasteiger partial charge on any atom is 0.335 e. The topological polar surface area (TPSA) is 154 Å². The molecule has 3 aromatic carbocycles. The number of carboxylic acids is 1. The molecule has 1 aliphatic rings. The van der Waals surface area contributed by atoms with Crippen molar-refractivity contribution in [3.63, 3.8) is 0 Å². The summed E-state index contributed by atoms with van der Waals surface area (Å²) in [4.78, 5) is 35.8. The zero-order valence-corrected chi connectivity index (χ0v) is 25.1. The highest BCUT2D eigenvalue weighted by atomic mass is 32.2. The van der Waals surface area contributed by atoms with Crippen molar-refractivity contribution in [2.24, 2.45) is 0 Å². The first-order valence-electron chi connectivity index (χ1n) is 14.6. The smallest absolute Gasteiger partial charge is 0.335 e. The van der Waals surface area contributed by atoms with E-state index in [0.717, 1.165) is 34.4 Å². The summed E-state index contributed by atoms with van der Waals surface area (Å²) >= 11 is 1.58. The molecule has 1 heterocycles. The van der Waals surface area contributed by atoms with E-state index in [1.165, 1.54) is 0 Å². The van der Waals surface area contributed by atoms with Gasteiger partial charge in [-0.25, -0.2) is 10.3 Å². The van der Waals surface area contributed by atoms with Crippen molar-refractivity contribution in [2.75, 3.05) is 11.1 Å². The molecule has 3 aromatic rings. The molecule has 10 nitrogen and oxygen atoms in total. The van der Waals surface area contributed by atoms with Gasteiger partial charge in [0, 0.05) is 41.2 Å². The number of ether oxygens (including phenoxy) is 2. The van der Waals surface area contributed by atoms with Crippen molar-refractivity contribution in [1.29, 1.82) is 0 Å².